The molecule has 6 nitrogen and oxygen atoms in total. The number of nitrogens with one attached hydrogen (secondary N) is 1. The summed E-state index contributed by atoms with van der Waals surface area (Å²) in [6.07, 6.45) is 0. The van der Waals surface area contributed by atoms with Crippen molar-refractivity contribution in [3.8, 4) is 0 Å². The molecule has 3 N–H and O–H groups in total. The maximum atomic E-state index is 12.4. The lowest BCUT2D eigenvalue weighted by Gasteiger charge is -2.32. The van der Waals surface area contributed by atoms with Gasteiger partial charge in [-0.25, -0.2) is 8.42 Å². The number of sulfonamides is 1. The fourth-order valence-electron chi connectivity index (χ4n) is 2.64. The second-order valence-electron chi connectivity index (χ2n) is 7.35. The van der Waals surface area contributed by atoms with Gasteiger partial charge in [-0.1, -0.05) is 24.3 Å². The van der Waals surface area contributed by atoms with Crippen molar-refractivity contribution in [1.82, 2.24) is 0 Å². The van der Waals surface area contributed by atoms with E-state index in [0.717, 1.165) is 0 Å². The number of nitrogens with two attached hydrogens (primary N) is 1. The highest BCUT2D eigenvalue weighted by molar-refractivity contribution is 7.92. The fraction of sp³-hybridized carbons (Fsp3) is 0.333. The Bertz CT molecular complexity index is 898. The van der Waals surface area contributed by atoms with E-state index in [1.807, 2.05) is 27.7 Å². The average molecular weight is 374 g/mol. The van der Waals surface area contributed by atoms with E-state index < -0.39 is 28.3 Å². The van der Waals surface area contributed by atoms with Crippen molar-refractivity contribution in [3.05, 3.63) is 48.5 Å². The summed E-state index contributed by atoms with van der Waals surface area (Å²) in [6.45, 7) is 7.86. The maximum Gasteiger partial charge on any atom is 0.496 e. The molecule has 1 saturated heterocycles. The van der Waals surface area contributed by atoms with Gasteiger partial charge in [0.25, 0.3) is 10.0 Å². The second kappa shape index (κ2) is 6.30. The van der Waals surface area contributed by atoms with Crippen molar-refractivity contribution in [2.45, 2.75) is 43.8 Å². The lowest BCUT2D eigenvalue weighted by atomic mass is 9.78. The Hall–Kier alpha value is -2.03. The largest absolute Gasteiger partial charge is 0.496 e. The van der Waals surface area contributed by atoms with Gasteiger partial charge >= 0.3 is 7.12 Å². The normalized spacial score (nSPS) is 18.7. The van der Waals surface area contributed by atoms with E-state index in [-0.39, 0.29) is 4.90 Å². The first-order valence-electron chi connectivity index (χ1n) is 8.35. The first kappa shape index (κ1) is 18.8. The summed E-state index contributed by atoms with van der Waals surface area (Å²) in [5.74, 6) is 0. The predicted molar refractivity (Wildman–Crippen MR) is 104 cm³/mol. The molecule has 1 heterocycles. The van der Waals surface area contributed by atoms with E-state index in [4.69, 9.17) is 15.0 Å². The van der Waals surface area contributed by atoms with Crippen LogP contribution in [0.5, 0.6) is 0 Å². The Balaban J connectivity index is 1.83. The fourth-order valence-corrected chi connectivity index (χ4v) is 3.71. The molecule has 0 bridgehead atoms. The number of hydrogen-bond donors (Lipinski definition) is 2. The predicted octanol–water partition coefficient (Wildman–Crippen LogP) is 2.37. The van der Waals surface area contributed by atoms with Crippen LogP contribution in [0.15, 0.2) is 53.4 Å². The van der Waals surface area contributed by atoms with Crippen LogP contribution in [0.3, 0.4) is 0 Å². The van der Waals surface area contributed by atoms with Gasteiger partial charge in [-0.05, 0) is 52.0 Å². The van der Waals surface area contributed by atoms with Crippen LogP contribution >= 0.6 is 0 Å². The lowest BCUT2D eigenvalue weighted by molar-refractivity contribution is 0.00578. The summed E-state index contributed by atoms with van der Waals surface area (Å²) in [7, 11) is -4.26. The molecule has 0 unspecified atom stereocenters. The number of benzene rings is 2. The van der Waals surface area contributed by atoms with Gasteiger partial charge in [0.2, 0.25) is 0 Å². The quantitative estimate of drug-likeness (QED) is 0.633. The summed E-state index contributed by atoms with van der Waals surface area (Å²) in [5.41, 5.74) is 6.65. The molecule has 1 aliphatic heterocycles. The average Bonchev–Trinajstić information content (AvgIpc) is 2.75. The number of anilines is 2. The smallest absolute Gasteiger partial charge is 0.399 e. The Kier molecular flexibility index (Phi) is 4.54. The van der Waals surface area contributed by atoms with Crippen LogP contribution in [0.4, 0.5) is 11.4 Å². The summed E-state index contributed by atoms with van der Waals surface area (Å²) in [4.78, 5) is 0.189. The summed E-state index contributed by atoms with van der Waals surface area (Å²) in [6, 6.07) is 13.1. The van der Waals surface area contributed by atoms with Gasteiger partial charge in [-0.3, -0.25) is 4.72 Å². The maximum absolute atomic E-state index is 12.4. The minimum absolute atomic E-state index is 0.189. The SMILES string of the molecule is CC1(C)OB(c2ccc(NS(=O)(=O)c3ccccc3)cc2N)OC1(C)C. The van der Waals surface area contributed by atoms with Gasteiger partial charge in [0, 0.05) is 11.2 Å². The molecule has 0 amide bonds. The Morgan fingerprint density at radius 3 is 2.08 bits per heavy atom. The minimum atomic E-state index is -3.67. The number of nitrogen functional groups attached to an aromatic ring is 1. The number of rotatable bonds is 4. The molecule has 0 radical (unpaired) electrons. The molecule has 0 atom stereocenters. The molecule has 0 spiro atoms. The van der Waals surface area contributed by atoms with E-state index in [2.05, 4.69) is 4.72 Å². The molecule has 0 aliphatic carbocycles. The van der Waals surface area contributed by atoms with Gasteiger partial charge < -0.3 is 15.0 Å². The van der Waals surface area contributed by atoms with Crippen molar-refractivity contribution in [2.24, 2.45) is 0 Å². The highest BCUT2D eigenvalue weighted by Gasteiger charge is 2.52. The van der Waals surface area contributed by atoms with E-state index in [0.29, 0.717) is 16.8 Å². The summed E-state index contributed by atoms with van der Waals surface area (Å²) in [5, 5.41) is 0. The zero-order valence-corrected chi connectivity index (χ0v) is 16.1. The van der Waals surface area contributed by atoms with Crippen LogP contribution < -0.4 is 15.9 Å². The van der Waals surface area contributed by atoms with Crippen molar-refractivity contribution < 1.29 is 17.7 Å². The van der Waals surface area contributed by atoms with Crippen LogP contribution in [0.1, 0.15) is 27.7 Å². The van der Waals surface area contributed by atoms with Gasteiger partial charge in [-0.15, -0.1) is 0 Å². The Morgan fingerprint density at radius 2 is 1.54 bits per heavy atom. The minimum Gasteiger partial charge on any atom is -0.399 e. The van der Waals surface area contributed by atoms with Crippen molar-refractivity contribution in [3.63, 3.8) is 0 Å². The van der Waals surface area contributed by atoms with Crippen LogP contribution in [-0.2, 0) is 19.3 Å². The highest BCUT2D eigenvalue weighted by atomic mass is 32.2. The molecular formula is C18H23BN2O4S. The van der Waals surface area contributed by atoms with E-state index in [1.54, 1.807) is 36.4 Å². The summed E-state index contributed by atoms with van der Waals surface area (Å²) < 4.78 is 39.4. The van der Waals surface area contributed by atoms with Crippen LogP contribution in [0, 0.1) is 0 Å². The van der Waals surface area contributed by atoms with Crippen LogP contribution in [0.25, 0.3) is 0 Å². The van der Waals surface area contributed by atoms with Crippen molar-refractivity contribution in [2.75, 3.05) is 10.5 Å². The Morgan fingerprint density at radius 1 is 0.962 bits per heavy atom. The third kappa shape index (κ3) is 3.44. The first-order valence-corrected chi connectivity index (χ1v) is 9.83. The van der Waals surface area contributed by atoms with Gasteiger partial charge in [-0.2, -0.15) is 0 Å². The van der Waals surface area contributed by atoms with Crippen molar-refractivity contribution >= 4 is 34.0 Å². The van der Waals surface area contributed by atoms with E-state index >= 15 is 0 Å². The zero-order chi connectivity index (χ0) is 19.2. The van der Waals surface area contributed by atoms with Crippen LogP contribution in [0.2, 0.25) is 0 Å². The van der Waals surface area contributed by atoms with Crippen molar-refractivity contribution in [1.29, 1.82) is 0 Å². The molecule has 0 aromatic heterocycles. The molecule has 1 fully saturated rings. The van der Waals surface area contributed by atoms with Gasteiger partial charge in [0.05, 0.1) is 21.8 Å². The number of hydrogen-bond acceptors (Lipinski definition) is 5. The standard InChI is InChI=1S/C18H23BN2O4S/c1-17(2)18(3,4)25-19(24-17)15-11-10-13(12-16(15)20)21-26(22,23)14-8-6-5-7-9-14/h5-12,21H,20H2,1-4H3. The van der Waals surface area contributed by atoms with E-state index in [1.165, 1.54) is 12.1 Å². The molecule has 2 aromatic rings. The van der Waals surface area contributed by atoms with E-state index in [9.17, 15) is 8.42 Å². The van der Waals surface area contributed by atoms with Gasteiger partial charge in [0.15, 0.2) is 0 Å². The molecular weight excluding hydrogens is 351 g/mol. The molecule has 2 aromatic carbocycles. The third-order valence-electron chi connectivity index (χ3n) is 4.90. The lowest BCUT2D eigenvalue weighted by Crippen LogP contribution is -2.41. The van der Waals surface area contributed by atoms with Crippen LogP contribution in [-0.4, -0.2) is 26.7 Å². The topological polar surface area (TPSA) is 90.7 Å². The zero-order valence-electron chi connectivity index (χ0n) is 15.3. The molecule has 26 heavy (non-hydrogen) atoms. The molecule has 1 aliphatic rings. The molecule has 138 valence electrons. The second-order valence-corrected chi connectivity index (χ2v) is 9.03. The molecule has 3 rings (SSSR count). The summed E-state index contributed by atoms with van der Waals surface area (Å²) >= 11 is 0. The highest BCUT2D eigenvalue weighted by Crippen LogP contribution is 2.37. The Labute approximate surface area is 154 Å². The molecule has 0 saturated carbocycles. The van der Waals surface area contributed by atoms with Gasteiger partial charge in [0.1, 0.15) is 0 Å². The third-order valence-corrected chi connectivity index (χ3v) is 6.30. The monoisotopic (exact) mass is 374 g/mol. The molecule has 8 heteroatoms. The first-order chi connectivity index (χ1) is 12.0.